The van der Waals surface area contributed by atoms with Crippen LogP contribution in [0, 0.1) is 0 Å². The minimum atomic E-state index is -1.84. The Bertz CT molecular complexity index is 1580. The Labute approximate surface area is 294 Å². The van der Waals surface area contributed by atoms with E-state index in [2.05, 4.69) is 10.0 Å². The first-order valence-electron chi connectivity index (χ1n) is 16.3. The van der Waals surface area contributed by atoms with Gasteiger partial charge in [0, 0.05) is 11.8 Å². The van der Waals surface area contributed by atoms with Gasteiger partial charge in [0.25, 0.3) is 0 Å². The average Bonchev–Trinajstić information content (AvgIpc) is 3.15. The molecule has 2 aliphatic heterocycles. The molecule has 2 aliphatic rings. The first kappa shape index (κ1) is 37.8. The van der Waals surface area contributed by atoms with Gasteiger partial charge in [-0.05, 0) is 22.2 Å². The second-order valence-corrected chi connectivity index (χ2v) is 11.9. The Morgan fingerprint density at radius 3 is 1.76 bits per heavy atom. The highest BCUT2D eigenvalue weighted by Gasteiger charge is 2.54. The monoisotopic (exact) mass is 707 g/mol. The van der Waals surface area contributed by atoms with Crippen LogP contribution in [0.25, 0.3) is 10.4 Å². The maximum Gasteiger partial charge on any atom is 0.337 e. The van der Waals surface area contributed by atoms with E-state index >= 15 is 0 Å². The summed E-state index contributed by atoms with van der Waals surface area (Å²) in [6.45, 7) is 1.06. The molecule has 0 amide bonds. The number of nitrogens with zero attached hydrogens (tertiary/aromatic N) is 3. The van der Waals surface area contributed by atoms with E-state index in [4.69, 9.17) is 37.9 Å². The van der Waals surface area contributed by atoms with Gasteiger partial charge in [-0.25, -0.2) is 4.79 Å². The highest BCUT2D eigenvalue weighted by molar-refractivity contribution is 5.75. The summed E-state index contributed by atoms with van der Waals surface area (Å²) in [6.07, 6.45) is -12.6. The molecule has 51 heavy (non-hydrogen) atoms. The van der Waals surface area contributed by atoms with Gasteiger partial charge < -0.3 is 48.1 Å². The topological polar surface area (TPSA) is 197 Å². The summed E-state index contributed by atoms with van der Waals surface area (Å²) in [5, 5.41) is 25.7. The SMILES string of the molecule is COC(=O)[C@H]1O[C@H](O)[C@H](O)[C@@H](OCc2ccccc2)[C@@H]1O[C@H]1O[C@H](COC(C)=O)[C@@H](OCc2ccccc2)[C@H](OCc2ccccc2)[C@H]1N=[N+]=[N-]. The first-order valence-corrected chi connectivity index (χ1v) is 16.3. The number of azide groups is 1. The predicted molar refractivity (Wildman–Crippen MR) is 177 cm³/mol. The van der Waals surface area contributed by atoms with Crippen LogP contribution in [0.4, 0.5) is 0 Å². The summed E-state index contributed by atoms with van der Waals surface area (Å²) >= 11 is 0. The number of aliphatic hydroxyl groups excluding tert-OH is 2. The summed E-state index contributed by atoms with van der Waals surface area (Å²) in [5.74, 6) is -1.53. The van der Waals surface area contributed by atoms with E-state index in [0.717, 1.165) is 23.8 Å². The smallest absolute Gasteiger partial charge is 0.337 e. The van der Waals surface area contributed by atoms with Gasteiger partial charge in [0.05, 0.1) is 26.9 Å². The Kier molecular flexibility index (Phi) is 13.9. The number of benzene rings is 3. The quantitative estimate of drug-likeness (QED) is 0.101. The van der Waals surface area contributed by atoms with Gasteiger partial charge in [0.2, 0.25) is 0 Å². The van der Waals surface area contributed by atoms with Crippen LogP contribution in [0.3, 0.4) is 0 Å². The van der Waals surface area contributed by atoms with Gasteiger partial charge in [-0.3, -0.25) is 4.79 Å². The summed E-state index contributed by atoms with van der Waals surface area (Å²) in [6, 6.07) is 26.3. The standard InChI is InChI=1S/C36H41N3O12/c1-22(40)45-21-26-29(46-18-23-12-6-3-7-13-23)30(47-19-24-14-8-4-9-15-24)27(38-39-37)36(49-26)51-32-31(48-20-25-16-10-5-11-17-25)28(41)34(42)50-33(32)35(43)44-2/h3-17,26-34,36,41-42H,18-21H2,1-2H3/t26-,27-,28-,29-,30-,31-,32+,33+,34+,36-/m1/s1. The molecule has 15 heteroatoms. The molecule has 0 spiro atoms. The molecule has 2 fully saturated rings. The molecule has 2 heterocycles. The van der Waals surface area contributed by atoms with Crippen molar-refractivity contribution >= 4 is 11.9 Å². The molecule has 272 valence electrons. The Morgan fingerprint density at radius 2 is 1.27 bits per heavy atom. The normalized spacial score (nSPS) is 29.0. The summed E-state index contributed by atoms with van der Waals surface area (Å²) < 4.78 is 47.4. The molecular formula is C36H41N3O12. The molecule has 5 rings (SSSR count). The third-order valence-corrected chi connectivity index (χ3v) is 8.37. The third-order valence-electron chi connectivity index (χ3n) is 8.37. The van der Waals surface area contributed by atoms with Crippen molar-refractivity contribution in [2.75, 3.05) is 13.7 Å². The molecule has 10 atom stereocenters. The minimum Gasteiger partial charge on any atom is -0.467 e. The molecule has 0 aromatic heterocycles. The fourth-order valence-corrected chi connectivity index (χ4v) is 5.85. The number of aliphatic hydroxyl groups is 2. The van der Waals surface area contributed by atoms with E-state index in [1.165, 1.54) is 6.92 Å². The molecular weight excluding hydrogens is 666 g/mol. The Balaban J connectivity index is 1.51. The fraction of sp³-hybridized carbons (Fsp3) is 0.444. The van der Waals surface area contributed by atoms with Gasteiger partial charge in [-0.2, -0.15) is 0 Å². The predicted octanol–water partition coefficient (Wildman–Crippen LogP) is 3.35. The van der Waals surface area contributed by atoms with Crippen LogP contribution >= 0.6 is 0 Å². The zero-order chi connectivity index (χ0) is 36.2. The van der Waals surface area contributed by atoms with Gasteiger partial charge in [0.1, 0.15) is 49.3 Å². The van der Waals surface area contributed by atoms with E-state index in [1.807, 2.05) is 66.7 Å². The van der Waals surface area contributed by atoms with Gasteiger partial charge in [0.15, 0.2) is 18.7 Å². The lowest BCUT2D eigenvalue weighted by Crippen LogP contribution is -2.65. The van der Waals surface area contributed by atoms with E-state index in [-0.39, 0.29) is 26.4 Å². The maximum atomic E-state index is 13.0. The van der Waals surface area contributed by atoms with E-state index < -0.39 is 73.3 Å². The summed E-state index contributed by atoms with van der Waals surface area (Å²) in [4.78, 5) is 28.1. The molecule has 3 aromatic carbocycles. The number of methoxy groups -OCH3 is 1. The lowest BCUT2D eigenvalue weighted by atomic mass is 9.95. The number of hydrogen-bond donors (Lipinski definition) is 2. The van der Waals surface area contributed by atoms with Crippen LogP contribution in [0.2, 0.25) is 0 Å². The van der Waals surface area contributed by atoms with Crippen molar-refractivity contribution < 1.29 is 57.7 Å². The minimum absolute atomic E-state index is 0.0401. The van der Waals surface area contributed by atoms with Crippen LogP contribution in [0.5, 0.6) is 0 Å². The highest BCUT2D eigenvalue weighted by Crippen LogP contribution is 2.35. The van der Waals surface area contributed by atoms with Gasteiger partial charge in [-0.1, -0.05) is 96.1 Å². The first-order chi connectivity index (χ1) is 24.8. The molecule has 2 saturated heterocycles. The van der Waals surface area contributed by atoms with Crippen molar-refractivity contribution in [1.82, 2.24) is 0 Å². The van der Waals surface area contributed by atoms with Gasteiger partial charge >= 0.3 is 11.9 Å². The molecule has 15 nitrogen and oxygen atoms in total. The second-order valence-electron chi connectivity index (χ2n) is 11.9. The lowest BCUT2D eigenvalue weighted by molar-refractivity contribution is -0.344. The third kappa shape index (κ3) is 10.1. The maximum absolute atomic E-state index is 13.0. The zero-order valence-corrected chi connectivity index (χ0v) is 28.1. The van der Waals surface area contributed by atoms with Gasteiger partial charge in [-0.15, -0.1) is 0 Å². The molecule has 2 N–H and O–H groups in total. The van der Waals surface area contributed by atoms with Crippen molar-refractivity contribution in [3.05, 3.63) is 118 Å². The molecule has 0 bridgehead atoms. The van der Waals surface area contributed by atoms with Crippen molar-refractivity contribution in [2.45, 2.75) is 88.1 Å². The molecule has 0 unspecified atom stereocenters. The number of carbonyl (C=O) groups excluding carboxylic acids is 2. The van der Waals surface area contributed by atoms with E-state index in [9.17, 15) is 25.3 Å². The number of rotatable bonds is 15. The fourth-order valence-electron chi connectivity index (χ4n) is 5.85. The number of ether oxygens (including phenoxy) is 8. The van der Waals surface area contributed by atoms with E-state index in [0.29, 0.717) is 0 Å². The summed E-state index contributed by atoms with van der Waals surface area (Å²) in [5.41, 5.74) is 12.1. The second kappa shape index (κ2) is 18.7. The zero-order valence-electron chi connectivity index (χ0n) is 28.1. The van der Waals surface area contributed by atoms with Crippen LogP contribution in [0.15, 0.2) is 96.1 Å². The van der Waals surface area contributed by atoms with Crippen LogP contribution in [-0.2, 0) is 67.3 Å². The van der Waals surface area contributed by atoms with E-state index in [1.54, 1.807) is 24.3 Å². The number of hydrogen-bond acceptors (Lipinski definition) is 13. The Morgan fingerprint density at radius 1 is 0.765 bits per heavy atom. The largest absolute Gasteiger partial charge is 0.467 e. The number of carbonyl (C=O) groups is 2. The summed E-state index contributed by atoms with van der Waals surface area (Å²) in [7, 11) is 1.12. The van der Waals surface area contributed by atoms with Crippen LogP contribution < -0.4 is 0 Å². The van der Waals surface area contributed by atoms with Crippen molar-refractivity contribution in [3.63, 3.8) is 0 Å². The lowest BCUT2D eigenvalue weighted by Gasteiger charge is -2.48. The molecule has 3 aromatic rings. The van der Waals surface area contributed by atoms with Crippen molar-refractivity contribution in [3.8, 4) is 0 Å². The average molecular weight is 708 g/mol. The van der Waals surface area contributed by atoms with Crippen LogP contribution in [0.1, 0.15) is 23.6 Å². The molecule has 0 radical (unpaired) electrons. The van der Waals surface area contributed by atoms with Crippen molar-refractivity contribution in [1.29, 1.82) is 0 Å². The Hall–Kier alpha value is -4.41. The number of esters is 2. The van der Waals surface area contributed by atoms with Crippen LogP contribution in [-0.4, -0.2) is 97.2 Å². The van der Waals surface area contributed by atoms with Crippen molar-refractivity contribution in [2.24, 2.45) is 5.11 Å². The highest BCUT2D eigenvalue weighted by atomic mass is 16.7. The molecule has 0 saturated carbocycles. The molecule has 0 aliphatic carbocycles.